The number of hydrogen-bond donors (Lipinski definition) is 0. The van der Waals surface area contributed by atoms with Crippen LogP contribution in [0.3, 0.4) is 0 Å². The van der Waals surface area contributed by atoms with Gasteiger partial charge in [-0.15, -0.1) is 5.92 Å². The molecule has 0 aromatic carbocycles. The lowest BCUT2D eigenvalue weighted by atomic mass is 10.1. The van der Waals surface area contributed by atoms with Crippen molar-refractivity contribution >= 4 is 0 Å². The Bertz CT molecular complexity index is 177. The highest BCUT2D eigenvalue weighted by Crippen LogP contribution is 2.35. The van der Waals surface area contributed by atoms with Crippen LogP contribution in [0.2, 0.25) is 0 Å². The average Bonchev–Trinajstić information content (AvgIpc) is 2.44. The molecule has 0 spiro atoms. The zero-order valence-electron chi connectivity index (χ0n) is 6.60. The summed E-state index contributed by atoms with van der Waals surface area (Å²) in [5, 5.41) is 0. The van der Waals surface area contributed by atoms with Crippen LogP contribution in [0.1, 0.15) is 13.8 Å². The quantitative estimate of drug-likeness (QED) is 0.418. The molecule has 1 fully saturated rings. The lowest BCUT2D eigenvalue weighted by Gasteiger charge is -1.93. The number of hydrogen-bond acceptors (Lipinski definition) is 2. The van der Waals surface area contributed by atoms with Crippen LogP contribution in [0.15, 0.2) is 0 Å². The molecule has 0 amide bonds. The van der Waals surface area contributed by atoms with Gasteiger partial charge in [0.2, 0.25) is 0 Å². The van der Waals surface area contributed by atoms with E-state index in [2.05, 4.69) is 11.8 Å². The van der Waals surface area contributed by atoms with Crippen molar-refractivity contribution in [2.24, 2.45) is 0 Å². The van der Waals surface area contributed by atoms with E-state index in [0.29, 0.717) is 6.61 Å². The molecule has 0 aromatic heterocycles. The molecule has 1 saturated heterocycles. The Balaban J connectivity index is 2.38. The van der Waals surface area contributed by atoms with Gasteiger partial charge in [-0.2, -0.15) is 0 Å². The standard InChI is InChI=1S/C8H12O2/c1-4-5-8(2)7(10-8)6-9-3/h7H,6H2,1-3H3. The van der Waals surface area contributed by atoms with E-state index in [1.54, 1.807) is 7.11 Å². The summed E-state index contributed by atoms with van der Waals surface area (Å²) in [7, 11) is 1.67. The maximum atomic E-state index is 5.29. The normalized spacial score (nSPS) is 36.5. The van der Waals surface area contributed by atoms with Gasteiger partial charge in [-0.25, -0.2) is 0 Å². The van der Waals surface area contributed by atoms with E-state index in [-0.39, 0.29) is 11.7 Å². The molecule has 10 heavy (non-hydrogen) atoms. The van der Waals surface area contributed by atoms with Crippen LogP contribution in [0.5, 0.6) is 0 Å². The van der Waals surface area contributed by atoms with Crippen molar-refractivity contribution in [1.29, 1.82) is 0 Å². The monoisotopic (exact) mass is 140 g/mol. The molecule has 0 radical (unpaired) electrons. The van der Waals surface area contributed by atoms with Crippen molar-refractivity contribution in [3.05, 3.63) is 0 Å². The number of epoxide rings is 1. The highest BCUT2D eigenvalue weighted by molar-refractivity contribution is 5.22. The van der Waals surface area contributed by atoms with Crippen molar-refractivity contribution in [3.8, 4) is 11.8 Å². The van der Waals surface area contributed by atoms with Gasteiger partial charge in [0, 0.05) is 7.11 Å². The average molecular weight is 140 g/mol. The second-order valence-corrected chi connectivity index (χ2v) is 2.54. The van der Waals surface area contributed by atoms with Crippen molar-refractivity contribution in [1.82, 2.24) is 0 Å². The fraction of sp³-hybridized carbons (Fsp3) is 0.750. The van der Waals surface area contributed by atoms with Crippen LogP contribution < -0.4 is 0 Å². The fourth-order valence-corrected chi connectivity index (χ4v) is 0.964. The Labute approximate surface area is 61.5 Å². The Kier molecular flexibility index (Phi) is 1.98. The summed E-state index contributed by atoms with van der Waals surface area (Å²) in [5.74, 6) is 5.81. The van der Waals surface area contributed by atoms with Gasteiger partial charge >= 0.3 is 0 Å². The van der Waals surface area contributed by atoms with Gasteiger partial charge in [0.1, 0.15) is 6.10 Å². The van der Waals surface area contributed by atoms with E-state index in [1.807, 2.05) is 13.8 Å². The minimum Gasteiger partial charge on any atom is -0.382 e. The first kappa shape index (κ1) is 7.59. The molecule has 2 atom stereocenters. The molecule has 1 aliphatic heterocycles. The largest absolute Gasteiger partial charge is 0.382 e. The summed E-state index contributed by atoms with van der Waals surface area (Å²) in [6, 6.07) is 0. The molecule has 0 aliphatic carbocycles. The summed E-state index contributed by atoms with van der Waals surface area (Å²) < 4.78 is 10.2. The van der Waals surface area contributed by atoms with Crippen LogP contribution in [0.25, 0.3) is 0 Å². The molecule has 2 nitrogen and oxygen atoms in total. The molecule has 0 bridgehead atoms. The SMILES string of the molecule is CC#CC1(C)OC1COC. The fourth-order valence-electron chi connectivity index (χ4n) is 0.964. The summed E-state index contributed by atoms with van der Waals surface area (Å²) >= 11 is 0. The molecule has 0 N–H and O–H groups in total. The van der Waals surface area contributed by atoms with E-state index in [1.165, 1.54) is 0 Å². The third-order valence-corrected chi connectivity index (χ3v) is 1.64. The second-order valence-electron chi connectivity index (χ2n) is 2.54. The van der Waals surface area contributed by atoms with E-state index in [4.69, 9.17) is 9.47 Å². The topological polar surface area (TPSA) is 21.8 Å². The maximum absolute atomic E-state index is 5.29. The van der Waals surface area contributed by atoms with Crippen LogP contribution in [0.4, 0.5) is 0 Å². The number of ether oxygens (including phenoxy) is 2. The Morgan fingerprint density at radius 1 is 1.70 bits per heavy atom. The molecule has 1 heterocycles. The van der Waals surface area contributed by atoms with E-state index < -0.39 is 0 Å². The maximum Gasteiger partial charge on any atom is 0.154 e. The smallest absolute Gasteiger partial charge is 0.154 e. The van der Waals surface area contributed by atoms with Crippen molar-refractivity contribution < 1.29 is 9.47 Å². The molecule has 1 aliphatic rings. The van der Waals surface area contributed by atoms with Gasteiger partial charge in [-0.3, -0.25) is 0 Å². The van der Waals surface area contributed by atoms with Gasteiger partial charge < -0.3 is 9.47 Å². The van der Waals surface area contributed by atoms with E-state index >= 15 is 0 Å². The van der Waals surface area contributed by atoms with Gasteiger partial charge in [0.05, 0.1) is 6.61 Å². The molecular formula is C8H12O2. The predicted octanol–water partition coefficient (Wildman–Crippen LogP) is 0.814. The van der Waals surface area contributed by atoms with Crippen molar-refractivity contribution in [2.45, 2.75) is 25.6 Å². The zero-order chi connectivity index (χ0) is 7.61. The van der Waals surface area contributed by atoms with Gasteiger partial charge in [-0.1, -0.05) is 5.92 Å². The second kappa shape index (κ2) is 2.61. The Morgan fingerprint density at radius 2 is 2.40 bits per heavy atom. The molecule has 2 heteroatoms. The summed E-state index contributed by atoms with van der Waals surface area (Å²) in [4.78, 5) is 0. The van der Waals surface area contributed by atoms with E-state index in [9.17, 15) is 0 Å². The molecule has 0 saturated carbocycles. The van der Waals surface area contributed by atoms with Gasteiger partial charge in [0.25, 0.3) is 0 Å². The zero-order valence-corrected chi connectivity index (χ0v) is 6.60. The summed E-state index contributed by atoms with van der Waals surface area (Å²) in [6.07, 6.45) is 0.185. The van der Waals surface area contributed by atoms with Crippen LogP contribution in [-0.4, -0.2) is 25.4 Å². The van der Waals surface area contributed by atoms with Gasteiger partial charge in [0.15, 0.2) is 5.60 Å². The number of methoxy groups -OCH3 is 1. The lowest BCUT2D eigenvalue weighted by Crippen LogP contribution is -2.10. The van der Waals surface area contributed by atoms with Crippen molar-refractivity contribution in [2.75, 3.05) is 13.7 Å². The summed E-state index contributed by atoms with van der Waals surface area (Å²) in [5.41, 5.74) is -0.217. The minimum absolute atomic E-state index is 0.185. The Morgan fingerprint density at radius 3 is 2.90 bits per heavy atom. The third kappa shape index (κ3) is 1.31. The van der Waals surface area contributed by atoms with E-state index in [0.717, 1.165) is 0 Å². The minimum atomic E-state index is -0.217. The van der Waals surface area contributed by atoms with Gasteiger partial charge in [-0.05, 0) is 13.8 Å². The Hall–Kier alpha value is -0.520. The molecule has 0 aromatic rings. The first-order chi connectivity index (χ1) is 4.73. The molecule has 2 unspecified atom stereocenters. The highest BCUT2D eigenvalue weighted by atomic mass is 16.6. The lowest BCUT2D eigenvalue weighted by molar-refractivity contribution is 0.171. The predicted molar refractivity (Wildman–Crippen MR) is 38.6 cm³/mol. The molecule has 1 rings (SSSR count). The highest BCUT2D eigenvalue weighted by Gasteiger charge is 2.51. The first-order valence-electron chi connectivity index (χ1n) is 3.33. The van der Waals surface area contributed by atoms with Crippen LogP contribution in [-0.2, 0) is 9.47 Å². The summed E-state index contributed by atoms with van der Waals surface area (Å²) in [6.45, 7) is 4.44. The molecule has 56 valence electrons. The first-order valence-corrected chi connectivity index (χ1v) is 3.33. The number of rotatable bonds is 2. The molecular weight excluding hydrogens is 128 g/mol. The van der Waals surface area contributed by atoms with Crippen LogP contribution in [0, 0.1) is 11.8 Å². The van der Waals surface area contributed by atoms with Crippen molar-refractivity contribution in [3.63, 3.8) is 0 Å². The van der Waals surface area contributed by atoms with Crippen LogP contribution >= 0.6 is 0 Å². The third-order valence-electron chi connectivity index (χ3n) is 1.64.